The summed E-state index contributed by atoms with van der Waals surface area (Å²) in [5.41, 5.74) is 0.000916. The molecule has 7 heteroatoms. The molecule has 0 aliphatic carbocycles. The Hall–Kier alpha value is -3.09. The second kappa shape index (κ2) is 4.23. The lowest BCUT2D eigenvalue weighted by molar-refractivity contribution is 0.0691. The highest BCUT2D eigenvalue weighted by Gasteiger charge is 2.39. The molecule has 0 saturated heterocycles. The third kappa shape index (κ3) is 1.57. The van der Waals surface area contributed by atoms with Gasteiger partial charge in [0.25, 0.3) is 11.8 Å². The molecule has 2 amide bonds. The van der Waals surface area contributed by atoms with Crippen LogP contribution in [-0.2, 0) is 0 Å². The minimum atomic E-state index is -1.36. The van der Waals surface area contributed by atoms with E-state index < -0.39 is 23.5 Å². The van der Waals surface area contributed by atoms with Gasteiger partial charge in [-0.05, 0) is 12.1 Å². The van der Waals surface area contributed by atoms with Crippen LogP contribution in [0.15, 0.2) is 36.7 Å². The normalized spacial score (nSPS) is 13.5. The number of carbonyl (C=O) groups is 3. The Morgan fingerprint density at radius 2 is 1.55 bits per heavy atom. The van der Waals surface area contributed by atoms with Crippen molar-refractivity contribution in [1.82, 2.24) is 9.97 Å². The first-order chi connectivity index (χ1) is 9.61. The Bertz CT molecular complexity index is 722. The van der Waals surface area contributed by atoms with Crippen LogP contribution in [0.1, 0.15) is 31.2 Å². The Morgan fingerprint density at radius 3 is 2.10 bits per heavy atom. The van der Waals surface area contributed by atoms with Gasteiger partial charge in [-0.1, -0.05) is 12.1 Å². The van der Waals surface area contributed by atoms with Gasteiger partial charge in [0.1, 0.15) is 0 Å². The lowest BCUT2D eigenvalue weighted by atomic mass is 10.1. The molecule has 1 N–H and O–H groups in total. The maximum atomic E-state index is 12.2. The summed E-state index contributed by atoms with van der Waals surface area (Å²) in [7, 11) is 0. The summed E-state index contributed by atoms with van der Waals surface area (Å²) in [5, 5.41) is 9.06. The van der Waals surface area contributed by atoms with Gasteiger partial charge in [0, 0.05) is 12.4 Å². The summed E-state index contributed by atoms with van der Waals surface area (Å²) in [5.74, 6) is -2.84. The number of carboxylic acid groups (broad SMARTS) is 1. The van der Waals surface area contributed by atoms with Crippen LogP contribution in [-0.4, -0.2) is 32.9 Å². The predicted molar refractivity (Wildman–Crippen MR) is 66.6 cm³/mol. The largest absolute Gasteiger partial charge is 0.476 e. The first-order valence-corrected chi connectivity index (χ1v) is 5.63. The van der Waals surface area contributed by atoms with E-state index in [0.29, 0.717) is 0 Å². The summed E-state index contributed by atoms with van der Waals surface area (Å²) < 4.78 is 0. The van der Waals surface area contributed by atoms with Crippen molar-refractivity contribution in [2.45, 2.75) is 0 Å². The van der Waals surface area contributed by atoms with Gasteiger partial charge in [-0.3, -0.25) is 9.59 Å². The minimum absolute atomic E-state index is 0.222. The molecular weight excluding hydrogens is 262 g/mol. The number of hydrogen-bond acceptors (Lipinski definition) is 5. The fourth-order valence-electron chi connectivity index (χ4n) is 2.03. The fraction of sp³-hybridized carbons (Fsp3) is 0. The van der Waals surface area contributed by atoms with Crippen molar-refractivity contribution < 1.29 is 19.5 Å². The molecule has 1 aromatic carbocycles. The Labute approximate surface area is 112 Å². The van der Waals surface area contributed by atoms with Crippen molar-refractivity contribution in [2.24, 2.45) is 0 Å². The van der Waals surface area contributed by atoms with Gasteiger partial charge in [0.2, 0.25) is 0 Å². The van der Waals surface area contributed by atoms with Gasteiger partial charge in [0.15, 0.2) is 11.5 Å². The van der Waals surface area contributed by atoms with Crippen LogP contribution < -0.4 is 4.90 Å². The summed E-state index contributed by atoms with van der Waals surface area (Å²) in [6.07, 6.45) is 2.41. The first-order valence-electron chi connectivity index (χ1n) is 5.63. The highest BCUT2D eigenvalue weighted by Crippen LogP contribution is 2.28. The number of nitrogens with zero attached hydrogens (tertiary/aromatic N) is 3. The zero-order valence-electron chi connectivity index (χ0n) is 9.98. The van der Waals surface area contributed by atoms with E-state index in [1.807, 2.05) is 0 Å². The van der Waals surface area contributed by atoms with E-state index in [-0.39, 0.29) is 16.9 Å². The van der Waals surface area contributed by atoms with Crippen LogP contribution >= 0.6 is 0 Å². The molecule has 2 aromatic rings. The smallest absolute Gasteiger partial charge is 0.358 e. The van der Waals surface area contributed by atoms with Crippen LogP contribution in [0.25, 0.3) is 0 Å². The zero-order valence-corrected chi connectivity index (χ0v) is 9.98. The molecule has 20 heavy (non-hydrogen) atoms. The van der Waals surface area contributed by atoms with Crippen molar-refractivity contribution in [2.75, 3.05) is 4.90 Å². The standard InChI is InChI=1S/C13H7N3O4/c17-11-7-3-1-2-4-8(7)12(18)16(11)10-9(13(19)20)14-5-6-15-10/h1-6H,(H,19,20). The molecular formula is C13H7N3O4. The van der Waals surface area contributed by atoms with Crippen molar-refractivity contribution in [3.8, 4) is 0 Å². The van der Waals surface area contributed by atoms with Gasteiger partial charge in [-0.25, -0.2) is 19.7 Å². The third-order valence-electron chi connectivity index (χ3n) is 2.89. The monoisotopic (exact) mass is 269 g/mol. The van der Waals surface area contributed by atoms with Crippen LogP contribution in [0.2, 0.25) is 0 Å². The molecule has 0 saturated carbocycles. The predicted octanol–water partition coefficient (Wildman–Crippen LogP) is 0.975. The summed E-state index contributed by atoms with van der Waals surface area (Å²) in [6, 6.07) is 6.27. The lowest BCUT2D eigenvalue weighted by Crippen LogP contribution is -2.32. The van der Waals surface area contributed by atoms with Crippen molar-refractivity contribution in [1.29, 1.82) is 0 Å². The molecule has 0 spiro atoms. The van der Waals surface area contributed by atoms with Gasteiger partial charge in [-0.15, -0.1) is 0 Å². The molecule has 0 unspecified atom stereocenters. The average molecular weight is 269 g/mol. The third-order valence-corrected chi connectivity index (χ3v) is 2.89. The quantitative estimate of drug-likeness (QED) is 0.815. The molecule has 0 radical (unpaired) electrons. The number of aromatic carboxylic acids is 1. The number of amides is 2. The molecule has 1 aliphatic heterocycles. The molecule has 3 rings (SSSR count). The highest BCUT2D eigenvalue weighted by molar-refractivity contribution is 6.34. The van der Waals surface area contributed by atoms with E-state index in [2.05, 4.69) is 9.97 Å². The summed E-state index contributed by atoms with van der Waals surface area (Å²) in [6.45, 7) is 0. The molecule has 1 aromatic heterocycles. The Morgan fingerprint density at radius 1 is 1.00 bits per heavy atom. The van der Waals surface area contributed by atoms with Crippen LogP contribution in [0.3, 0.4) is 0 Å². The number of carbonyl (C=O) groups excluding carboxylic acids is 2. The molecule has 0 bridgehead atoms. The van der Waals surface area contributed by atoms with Gasteiger partial charge >= 0.3 is 5.97 Å². The fourth-order valence-corrected chi connectivity index (χ4v) is 2.03. The number of fused-ring (bicyclic) bond motifs is 1. The second-order valence-electron chi connectivity index (χ2n) is 4.03. The SMILES string of the molecule is O=C(O)c1nccnc1N1C(=O)c2ccccc2C1=O. The maximum Gasteiger partial charge on any atom is 0.358 e. The van der Waals surface area contributed by atoms with Crippen molar-refractivity contribution in [3.63, 3.8) is 0 Å². The number of imide groups is 1. The minimum Gasteiger partial charge on any atom is -0.476 e. The number of benzene rings is 1. The van der Waals surface area contributed by atoms with Gasteiger partial charge < -0.3 is 5.11 Å². The lowest BCUT2D eigenvalue weighted by Gasteiger charge is -2.13. The van der Waals surface area contributed by atoms with Gasteiger partial charge in [-0.2, -0.15) is 0 Å². The van der Waals surface area contributed by atoms with E-state index >= 15 is 0 Å². The van der Waals surface area contributed by atoms with E-state index in [1.165, 1.54) is 24.5 Å². The summed E-state index contributed by atoms with van der Waals surface area (Å²) >= 11 is 0. The average Bonchev–Trinajstić information content (AvgIpc) is 2.71. The Kier molecular flexibility index (Phi) is 2.53. The van der Waals surface area contributed by atoms with Crippen LogP contribution in [0.5, 0.6) is 0 Å². The molecule has 1 aliphatic rings. The van der Waals surface area contributed by atoms with Crippen molar-refractivity contribution in [3.05, 3.63) is 53.5 Å². The van der Waals surface area contributed by atoms with Crippen LogP contribution in [0.4, 0.5) is 5.82 Å². The van der Waals surface area contributed by atoms with Gasteiger partial charge in [0.05, 0.1) is 11.1 Å². The molecule has 0 atom stereocenters. The molecule has 2 heterocycles. The molecule has 98 valence electrons. The number of hydrogen-bond donors (Lipinski definition) is 1. The number of carboxylic acids is 1. The second-order valence-corrected chi connectivity index (χ2v) is 4.03. The van der Waals surface area contributed by atoms with E-state index in [0.717, 1.165) is 4.90 Å². The maximum absolute atomic E-state index is 12.2. The molecule has 0 fully saturated rings. The van der Waals surface area contributed by atoms with E-state index in [1.54, 1.807) is 12.1 Å². The van der Waals surface area contributed by atoms with E-state index in [9.17, 15) is 14.4 Å². The zero-order chi connectivity index (χ0) is 14.3. The summed E-state index contributed by atoms with van der Waals surface area (Å²) in [4.78, 5) is 43.8. The number of anilines is 1. The van der Waals surface area contributed by atoms with Crippen molar-refractivity contribution >= 4 is 23.6 Å². The van der Waals surface area contributed by atoms with E-state index in [4.69, 9.17) is 5.11 Å². The number of rotatable bonds is 2. The van der Waals surface area contributed by atoms with Crippen LogP contribution in [0, 0.1) is 0 Å². The topological polar surface area (TPSA) is 100 Å². The molecule has 7 nitrogen and oxygen atoms in total. The highest BCUT2D eigenvalue weighted by atomic mass is 16.4. The Balaban J connectivity index is 2.17. The first kappa shape index (κ1) is 12.0. The number of aromatic nitrogens is 2.